The number of nitrogens with zero attached hydrogens (tertiary/aromatic N) is 3. The maximum atomic E-state index is 10.5. The number of aryl methyl sites for hydroxylation is 1. The first-order valence-electron chi connectivity index (χ1n) is 7.61. The summed E-state index contributed by atoms with van der Waals surface area (Å²) in [7, 11) is 0. The van der Waals surface area contributed by atoms with Gasteiger partial charge >= 0.3 is 0 Å². The first-order valence-corrected chi connectivity index (χ1v) is 7.61. The molecule has 124 valence electrons. The fourth-order valence-electron chi connectivity index (χ4n) is 2.66. The number of aromatic nitrogens is 2. The molecule has 3 rings (SSSR count). The fraction of sp³-hybridized carbons (Fsp3) is 0.412. The highest BCUT2D eigenvalue weighted by molar-refractivity contribution is 5.85. The van der Waals surface area contributed by atoms with Crippen molar-refractivity contribution in [2.45, 2.75) is 13.0 Å². The van der Waals surface area contributed by atoms with E-state index in [1.54, 1.807) is 6.20 Å². The van der Waals surface area contributed by atoms with E-state index >= 15 is 0 Å². The van der Waals surface area contributed by atoms with Crippen molar-refractivity contribution in [1.82, 2.24) is 14.9 Å². The molecule has 1 saturated heterocycles. The molecule has 6 heteroatoms. The number of hydrogen-bond acceptors (Lipinski definition) is 5. The molecule has 1 aromatic heterocycles. The molecule has 1 N–H and O–H groups in total. The Morgan fingerprint density at radius 3 is 2.57 bits per heavy atom. The molecule has 0 bridgehead atoms. The minimum Gasteiger partial charge on any atom is -0.387 e. The Kier molecular flexibility index (Phi) is 6.47. The van der Waals surface area contributed by atoms with Gasteiger partial charge in [-0.3, -0.25) is 4.90 Å². The number of hydrogen-bond donors (Lipinski definition) is 1. The van der Waals surface area contributed by atoms with E-state index in [4.69, 9.17) is 4.74 Å². The third-order valence-corrected chi connectivity index (χ3v) is 3.94. The Bertz CT molecular complexity index is 618. The number of β-amino-alcohol motifs (C(OH)–C–C–N with tert-alkyl or cyclic N) is 1. The monoisotopic (exact) mass is 335 g/mol. The lowest BCUT2D eigenvalue weighted by Gasteiger charge is -2.28. The third kappa shape index (κ3) is 4.48. The van der Waals surface area contributed by atoms with Crippen LogP contribution in [0.1, 0.15) is 17.4 Å². The molecule has 0 radical (unpaired) electrons. The molecule has 1 unspecified atom stereocenters. The van der Waals surface area contributed by atoms with Gasteiger partial charge in [-0.1, -0.05) is 30.3 Å². The van der Waals surface area contributed by atoms with Crippen molar-refractivity contribution in [3.05, 3.63) is 47.8 Å². The van der Waals surface area contributed by atoms with Gasteiger partial charge in [0.1, 0.15) is 0 Å². The lowest BCUT2D eigenvalue weighted by molar-refractivity contribution is 0.0141. The van der Waals surface area contributed by atoms with Crippen LogP contribution in [0.15, 0.2) is 36.5 Å². The number of halogens is 1. The van der Waals surface area contributed by atoms with Gasteiger partial charge in [0.25, 0.3) is 0 Å². The van der Waals surface area contributed by atoms with Crippen LogP contribution in [0.5, 0.6) is 0 Å². The van der Waals surface area contributed by atoms with Crippen LogP contribution in [0, 0.1) is 6.92 Å². The Labute approximate surface area is 142 Å². The normalized spacial score (nSPS) is 16.6. The van der Waals surface area contributed by atoms with Gasteiger partial charge in [-0.05, 0) is 6.92 Å². The van der Waals surface area contributed by atoms with E-state index in [1.807, 2.05) is 37.3 Å². The van der Waals surface area contributed by atoms with Crippen molar-refractivity contribution in [2.75, 3.05) is 32.8 Å². The predicted molar refractivity (Wildman–Crippen MR) is 91.7 cm³/mol. The van der Waals surface area contributed by atoms with E-state index in [2.05, 4.69) is 14.9 Å². The molecule has 2 heterocycles. The van der Waals surface area contributed by atoms with Crippen molar-refractivity contribution >= 4 is 12.4 Å². The van der Waals surface area contributed by atoms with Gasteiger partial charge in [-0.2, -0.15) is 0 Å². The fourth-order valence-corrected chi connectivity index (χ4v) is 2.66. The molecule has 0 aliphatic carbocycles. The Morgan fingerprint density at radius 1 is 1.22 bits per heavy atom. The van der Waals surface area contributed by atoms with E-state index in [1.165, 1.54) is 0 Å². The molecule has 2 aromatic rings. The third-order valence-electron chi connectivity index (χ3n) is 3.94. The summed E-state index contributed by atoms with van der Waals surface area (Å²) in [5, 5.41) is 10.5. The van der Waals surface area contributed by atoms with Gasteiger partial charge in [0.05, 0.1) is 19.3 Å². The van der Waals surface area contributed by atoms with E-state index in [0.29, 0.717) is 12.4 Å². The van der Waals surface area contributed by atoms with Crippen molar-refractivity contribution in [1.29, 1.82) is 0 Å². The second-order valence-corrected chi connectivity index (χ2v) is 5.53. The molecule has 1 atom stereocenters. The standard InChI is InChI=1S/C17H21N3O2.ClH/c1-13-15(16(21)12-20-7-9-22-10-8-20)11-18-17(19-13)14-5-3-2-4-6-14;/h2-6,11,16,21H,7-10,12H2,1H3;1H. The van der Waals surface area contributed by atoms with Gasteiger partial charge < -0.3 is 9.84 Å². The molecule has 5 nitrogen and oxygen atoms in total. The molecule has 0 spiro atoms. The summed E-state index contributed by atoms with van der Waals surface area (Å²) in [6.45, 7) is 5.70. The van der Waals surface area contributed by atoms with Crippen LogP contribution < -0.4 is 0 Å². The van der Waals surface area contributed by atoms with Gasteiger partial charge in [-0.15, -0.1) is 12.4 Å². The van der Waals surface area contributed by atoms with Gasteiger partial charge in [0.15, 0.2) is 5.82 Å². The van der Waals surface area contributed by atoms with E-state index < -0.39 is 6.10 Å². The minimum atomic E-state index is -0.567. The molecule has 0 saturated carbocycles. The van der Waals surface area contributed by atoms with Crippen molar-refractivity contribution in [2.24, 2.45) is 0 Å². The quantitative estimate of drug-likeness (QED) is 0.928. The molecule has 1 fully saturated rings. The largest absolute Gasteiger partial charge is 0.387 e. The van der Waals surface area contributed by atoms with Crippen LogP contribution in [0.3, 0.4) is 0 Å². The topological polar surface area (TPSA) is 58.5 Å². The average molecular weight is 336 g/mol. The zero-order valence-corrected chi connectivity index (χ0v) is 14.0. The number of rotatable bonds is 4. The molecule has 0 amide bonds. The van der Waals surface area contributed by atoms with Crippen molar-refractivity contribution in [3.63, 3.8) is 0 Å². The first kappa shape index (κ1) is 17.8. The first-order chi connectivity index (χ1) is 10.7. The Morgan fingerprint density at radius 2 is 1.91 bits per heavy atom. The minimum absolute atomic E-state index is 0. The Balaban J connectivity index is 0.00000192. The highest BCUT2D eigenvalue weighted by Gasteiger charge is 2.18. The number of morpholine rings is 1. The highest BCUT2D eigenvalue weighted by Crippen LogP contribution is 2.20. The van der Waals surface area contributed by atoms with Crippen LogP contribution in [0.2, 0.25) is 0 Å². The van der Waals surface area contributed by atoms with Crippen LogP contribution in [-0.4, -0.2) is 52.8 Å². The second-order valence-electron chi connectivity index (χ2n) is 5.53. The zero-order valence-electron chi connectivity index (χ0n) is 13.2. The van der Waals surface area contributed by atoms with Crippen LogP contribution >= 0.6 is 12.4 Å². The lowest BCUT2D eigenvalue weighted by Crippen LogP contribution is -2.39. The zero-order chi connectivity index (χ0) is 15.4. The van der Waals surface area contributed by atoms with Crippen LogP contribution in [0.4, 0.5) is 0 Å². The van der Waals surface area contributed by atoms with Crippen LogP contribution in [-0.2, 0) is 4.74 Å². The van der Waals surface area contributed by atoms with Crippen molar-refractivity contribution < 1.29 is 9.84 Å². The lowest BCUT2D eigenvalue weighted by atomic mass is 10.1. The molecule has 23 heavy (non-hydrogen) atoms. The van der Waals surface area contributed by atoms with Crippen LogP contribution in [0.25, 0.3) is 11.4 Å². The van der Waals surface area contributed by atoms with Gasteiger partial charge in [0.2, 0.25) is 0 Å². The van der Waals surface area contributed by atoms with E-state index in [0.717, 1.165) is 43.1 Å². The highest BCUT2D eigenvalue weighted by atomic mass is 35.5. The molecular formula is C17H22ClN3O2. The van der Waals surface area contributed by atoms with Gasteiger partial charge in [-0.25, -0.2) is 9.97 Å². The second kappa shape index (κ2) is 8.36. The number of aliphatic hydroxyl groups excluding tert-OH is 1. The Hall–Kier alpha value is -1.53. The summed E-state index contributed by atoms with van der Waals surface area (Å²) in [5.74, 6) is 0.695. The smallest absolute Gasteiger partial charge is 0.159 e. The maximum absolute atomic E-state index is 10.5. The summed E-state index contributed by atoms with van der Waals surface area (Å²) >= 11 is 0. The van der Waals surface area contributed by atoms with Crippen molar-refractivity contribution in [3.8, 4) is 11.4 Å². The maximum Gasteiger partial charge on any atom is 0.159 e. The summed E-state index contributed by atoms with van der Waals surface area (Å²) in [4.78, 5) is 11.2. The summed E-state index contributed by atoms with van der Waals surface area (Å²) in [6.07, 6.45) is 1.18. The molecule has 1 aliphatic rings. The molecule has 1 aromatic carbocycles. The molecular weight excluding hydrogens is 314 g/mol. The number of aliphatic hydroxyl groups is 1. The average Bonchev–Trinajstić information content (AvgIpc) is 2.56. The van der Waals surface area contributed by atoms with E-state index in [-0.39, 0.29) is 12.4 Å². The summed E-state index contributed by atoms with van der Waals surface area (Å²) in [5.41, 5.74) is 2.61. The van der Waals surface area contributed by atoms with Gasteiger partial charge in [0, 0.05) is 42.7 Å². The summed E-state index contributed by atoms with van der Waals surface area (Å²) in [6, 6.07) is 9.87. The van der Waals surface area contributed by atoms with E-state index in [9.17, 15) is 5.11 Å². The number of ether oxygens (including phenoxy) is 1. The molecule has 1 aliphatic heterocycles. The predicted octanol–water partition coefficient (Wildman–Crippen LogP) is 2.24. The number of benzene rings is 1. The SMILES string of the molecule is Cc1nc(-c2ccccc2)ncc1C(O)CN1CCOCC1.Cl. The summed E-state index contributed by atoms with van der Waals surface area (Å²) < 4.78 is 5.33.